The zero-order chi connectivity index (χ0) is 14.5. The smallest absolute Gasteiger partial charge is 0.0233 e. The second kappa shape index (κ2) is 9.94. The van der Waals surface area contributed by atoms with Crippen molar-refractivity contribution in [3.63, 3.8) is 0 Å². The molecule has 2 nitrogen and oxygen atoms in total. The van der Waals surface area contributed by atoms with Gasteiger partial charge < -0.3 is 5.73 Å². The van der Waals surface area contributed by atoms with Crippen LogP contribution in [-0.2, 0) is 13.0 Å². The highest BCUT2D eigenvalue weighted by atomic mass is 35.5. The number of benzene rings is 2. The third kappa shape index (κ3) is 5.50. The van der Waals surface area contributed by atoms with Crippen LogP contribution in [0.2, 0.25) is 0 Å². The standard InChI is InChI=1S/C19H24N2.2ClH/c20-10-9-16-5-3-7-18(13-16)19-8-4-6-17(14-19)15-21-11-1-2-12-21;;/h3-8,13-14H,1-2,9-12,15,20H2;2*1H. The van der Waals surface area contributed by atoms with Crippen molar-refractivity contribution in [3.8, 4) is 11.1 Å². The maximum Gasteiger partial charge on any atom is 0.0233 e. The molecule has 2 aromatic carbocycles. The van der Waals surface area contributed by atoms with Gasteiger partial charge in [0.1, 0.15) is 0 Å². The second-order valence-corrected chi connectivity index (χ2v) is 5.92. The van der Waals surface area contributed by atoms with E-state index in [2.05, 4.69) is 53.4 Å². The molecule has 0 amide bonds. The summed E-state index contributed by atoms with van der Waals surface area (Å²) in [5, 5.41) is 0. The Morgan fingerprint density at radius 1 is 0.826 bits per heavy atom. The maximum absolute atomic E-state index is 5.66. The highest BCUT2D eigenvalue weighted by Crippen LogP contribution is 2.23. The number of nitrogens with zero attached hydrogens (tertiary/aromatic N) is 1. The third-order valence-electron chi connectivity index (χ3n) is 4.23. The molecule has 23 heavy (non-hydrogen) atoms. The summed E-state index contributed by atoms with van der Waals surface area (Å²) in [5.74, 6) is 0. The molecule has 0 atom stereocenters. The van der Waals surface area contributed by atoms with Crippen LogP contribution in [0.25, 0.3) is 11.1 Å². The summed E-state index contributed by atoms with van der Waals surface area (Å²) < 4.78 is 0. The summed E-state index contributed by atoms with van der Waals surface area (Å²) >= 11 is 0. The van der Waals surface area contributed by atoms with Crippen LogP contribution in [0.5, 0.6) is 0 Å². The molecule has 0 saturated carbocycles. The zero-order valence-electron chi connectivity index (χ0n) is 13.4. The molecule has 1 heterocycles. The van der Waals surface area contributed by atoms with Gasteiger partial charge in [0.15, 0.2) is 0 Å². The average Bonchev–Trinajstić information content (AvgIpc) is 3.01. The van der Waals surface area contributed by atoms with Crippen molar-refractivity contribution in [2.75, 3.05) is 19.6 Å². The molecule has 0 aromatic heterocycles. The summed E-state index contributed by atoms with van der Waals surface area (Å²) in [6, 6.07) is 17.7. The van der Waals surface area contributed by atoms with Crippen LogP contribution in [0, 0.1) is 0 Å². The Morgan fingerprint density at radius 3 is 2.00 bits per heavy atom. The summed E-state index contributed by atoms with van der Waals surface area (Å²) in [5.41, 5.74) is 11.0. The van der Waals surface area contributed by atoms with Gasteiger partial charge >= 0.3 is 0 Å². The van der Waals surface area contributed by atoms with E-state index in [1.807, 2.05) is 0 Å². The van der Waals surface area contributed by atoms with E-state index in [1.165, 1.54) is 48.2 Å². The number of rotatable bonds is 5. The van der Waals surface area contributed by atoms with Crippen molar-refractivity contribution in [2.45, 2.75) is 25.8 Å². The lowest BCUT2D eigenvalue weighted by atomic mass is 10.00. The van der Waals surface area contributed by atoms with Crippen LogP contribution in [0.4, 0.5) is 0 Å². The fourth-order valence-corrected chi connectivity index (χ4v) is 3.12. The minimum absolute atomic E-state index is 0. The lowest BCUT2D eigenvalue weighted by Crippen LogP contribution is -2.18. The Bertz CT molecular complexity index is 595. The molecule has 4 heteroatoms. The van der Waals surface area contributed by atoms with Crippen LogP contribution in [-0.4, -0.2) is 24.5 Å². The Hall–Kier alpha value is -1.06. The molecule has 0 spiro atoms. The minimum Gasteiger partial charge on any atom is -0.330 e. The maximum atomic E-state index is 5.66. The van der Waals surface area contributed by atoms with Crippen molar-refractivity contribution < 1.29 is 0 Å². The average molecular weight is 353 g/mol. The van der Waals surface area contributed by atoms with Gasteiger partial charge in [0.2, 0.25) is 0 Å². The van der Waals surface area contributed by atoms with Crippen molar-refractivity contribution in [3.05, 3.63) is 59.7 Å². The van der Waals surface area contributed by atoms with Crippen LogP contribution in [0.3, 0.4) is 0 Å². The van der Waals surface area contributed by atoms with Crippen molar-refractivity contribution >= 4 is 24.8 Å². The van der Waals surface area contributed by atoms with E-state index in [4.69, 9.17) is 5.73 Å². The predicted molar refractivity (Wildman–Crippen MR) is 104 cm³/mol. The second-order valence-electron chi connectivity index (χ2n) is 5.92. The number of hydrogen-bond donors (Lipinski definition) is 1. The Kier molecular flexibility index (Phi) is 8.64. The Morgan fingerprint density at radius 2 is 1.39 bits per heavy atom. The van der Waals surface area contributed by atoms with Crippen LogP contribution >= 0.6 is 24.8 Å². The summed E-state index contributed by atoms with van der Waals surface area (Å²) in [6.45, 7) is 4.28. The summed E-state index contributed by atoms with van der Waals surface area (Å²) in [7, 11) is 0. The van der Waals surface area contributed by atoms with Crippen molar-refractivity contribution in [2.24, 2.45) is 5.73 Å². The van der Waals surface area contributed by atoms with Gasteiger partial charge in [0, 0.05) is 6.54 Å². The summed E-state index contributed by atoms with van der Waals surface area (Å²) in [4.78, 5) is 2.55. The van der Waals surface area contributed by atoms with E-state index in [-0.39, 0.29) is 24.8 Å². The first-order valence-electron chi connectivity index (χ1n) is 7.96. The Labute approximate surface area is 151 Å². The highest BCUT2D eigenvalue weighted by molar-refractivity contribution is 5.85. The zero-order valence-corrected chi connectivity index (χ0v) is 15.0. The fourth-order valence-electron chi connectivity index (χ4n) is 3.12. The van der Waals surface area contributed by atoms with E-state index < -0.39 is 0 Å². The molecule has 126 valence electrons. The van der Waals surface area contributed by atoms with E-state index in [0.29, 0.717) is 6.54 Å². The SMILES string of the molecule is Cl.Cl.NCCc1cccc(-c2cccc(CN3CCCC3)c2)c1. The van der Waals surface area contributed by atoms with Gasteiger partial charge in [-0.1, -0.05) is 42.5 Å². The molecule has 0 bridgehead atoms. The topological polar surface area (TPSA) is 29.3 Å². The summed E-state index contributed by atoms with van der Waals surface area (Å²) in [6.07, 6.45) is 3.64. The molecule has 1 aliphatic rings. The largest absolute Gasteiger partial charge is 0.330 e. The van der Waals surface area contributed by atoms with E-state index in [1.54, 1.807) is 0 Å². The molecule has 0 radical (unpaired) electrons. The first-order valence-corrected chi connectivity index (χ1v) is 7.96. The Balaban J connectivity index is 0.00000132. The van der Waals surface area contributed by atoms with Gasteiger partial charge in [-0.15, -0.1) is 24.8 Å². The molecule has 3 rings (SSSR count). The first-order chi connectivity index (χ1) is 10.3. The number of halogens is 2. The van der Waals surface area contributed by atoms with Gasteiger partial charge in [-0.05, 0) is 67.2 Å². The fraction of sp³-hybridized carbons (Fsp3) is 0.368. The molecule has 2 N–H and O–H groups in total. The molecule has 1 saturated heterocycles. The quantitative estimate of drug-likeness (QED) is 0.869. The van der Waals surface area contributed by atoms with Crippen LogP contribution in [0.15, 0.2) is 48.5 Å². The van der Waals surface area contributed by atoms with Gasteiger partial charge in [-0.2, -0.15) is 0 Å². The van der Waals surface area contributed by atoms with E-state index in [0.717, 1.165) is 13.0 Å². The number of likely N-dealkylation sites (tertiary alicyclic amines) is 1. The molecule has 2 aromatic rings. The lowest BCUT2D eigenvalue weighted by molar-refractivity contribution is 0.331. The normalized spacial score (nSPS) is 14.1. The molecule has 1 fully saturated rings. The van der Waals surface area contributed by atoms with Crippen molar-refractivity contribution in [1.82, 2.24) is 4.90 Å². The molecule has 0 aliphatic carbocycles. The van der Waals surface area contributed by atoms with Gasteiger partial charge in [-0.25, -0.2) is 0 Å². The van der Waals surface area contributed by atoms with Crippen LogP contribution in [0.1, 0.15) is 24.0 Å². The predicted octanol–water partition coefficient (Wildman–Crippen LogP) is 4.29. The van der Waals surface area contributed by atoms with E-state index >= 15 is 0 Å². The molecule has 0 unspecified atom stereocenters. The van der Waals surface area contributed by atoms with Crippen molar-refractivity contribution in [1.29, 1.82) is 0 Å². The van der Waals surface area contributed by atoms with Crippen LogP contribution < -0.4 is 5.73 Å². The highest BCUT2D eigenvalue weighted by Gasteiger charge is 2.11. The molecular weight excluding hydrogens is 327 g/mol. The number of hydrogen-bond acceptors (Lipinski definition) is 2. The van der Waals surface area contributed by atoms with Gasteiger partial charge in [0.25, 0.3) is 0 Å². The minimum atomic E-state index is 0. The third-order valence-corrected chi connectivity index (χ3v) is 4.23. The monoisotopic (exact) mass is 352 g/mol. The van der Waals surface area contributed by atoms with Gasteiger partial charge in [-0.3, -0.25) is 4.90 Å². The molecule has 1 aliphatic heterocycles. The van der Waals surface area contributed by atoms with E-state index in [9.17, 15) is 0 Å². The van der Waals surface area contributed by atoms with Gasteiger partial charge in [0.05, 0.1) is 0 Å². The number of nitrogens with two attached hydrogens (primary N) is 1. The lowest BCUT2D eigenvalue weighted by Gasteiger charge is -2.15. The molecular formula is C19H26Cl2N2. The first kappa shape index (κ1) is 20.0.